The molecule has 0 radical (unpaired) electrons. The second-order valence-electron chi connectivity index (χ2n) is 5.13. The van der Waals surface area contributed by atoms with Gasteiger partial charge in [-0.2, -0.15) is 0 Å². The molecule has 0 aliphatic heterocycles. The highest BCUT2D eigenvalue weighted by atomic mass is 16.3. The van der Waals surface area contributed by atoms with E-state index in [2.05, 4.69) is 0 Å². The fourth-order valence-electron chi connectivity index (χ4n) is 2.83. The maximum absolute atomic E-state index is 11.4. The molecule has 0 saturated carbocycles. The van der Waals surface area contributed by atoms with Crippen molar-refractivity contribution < 1.29 is 9.90 Å². The van der Waals surface area contributed by atoms with Crippen molar-refractivity contribution in [2.75, 3.05) is 0 Å². The number of benzene rings is 3. The van der Waals surface area contributed by atoms with Crippen LogP contribution in [0, 0.1) is 6.92 Å². The molecule has 0 amide bonds. The molecule has 0 aliphatic rings. The highest BCUT2D eigenvalue weighted by Gasteiger charge is 2.14. The van der Waals surface area contributed by atoms with Gasteiger partial charge in [0.15, 0.2) is 6.29 Å². The van der Waals surface area contributed by atoms with E-state index < -0.39 is 0 Å². The van der Waals surface area contributed by atoms with Gasteiger partial charge in [0.2, 0.25) is 0 Å². The molecule has 0 aliphatic carbocycles. The van der Waals surface area contributed by atoms with Crippen molar-refractivity contribution in [2.45, 2.75) is 13.5 Å². The van der Waals surface area contributed by atoms with Gasteiger partial charge in [-0.05, 0) is 39.9 Å². The zero-order chi connectivity index (χ0) is 14.8. The molecule has 0 heterocycles. The van der Waals surface area contributed by atoms with Crippen molar-refractivity contribution in [1.29, 1.82) is 0 Å². The van der Waals surface area contributed by atoms with E-state index in [0.29, 0.717) is 5.56 Å². The van der Waals surface area contributed by atoms with E-state index in [0.717, 1.165) is 39.3 Å². The smallest absolute Gasteiger partial charge is 0.150 e. The molecule has 0 spiro atoms. The van der Waals surface area contributed by atoms with Gasteiger partial charge < -0.3 is 5.11 Å². The molecule has 2 nitrogen and oxygen atoms in total. The number of carbonyl (C=O) groups excluding carboxylic acids is 1. The molecule has 0 unspecified atom stereocenters. The molecule has 21 heavy (non-hydrogen) atoms. The number of aliphatic hydroxyl groups excluding tert-OH is 1. The monoisotopic (exact) mass is 276 g/mol. The van der Waals surface area contributed by atoms with Crippen molar-refractivity contribution in [3.8, 4) is 11.1 Å². The molecule has 2 heteroatoms. The van der Waals surface area contributed by atoms with Gasteiger partial charge in [0.05, 0.1) is 6.61 Å². The van der Waals surface area contributed by atoms with Crippen LogP contribution in [0.25, 0.3) is 21.9 Å². The normalized spacial score (nSPS) is 10.8. The van der Waals surface area contributed by atoms with Crippen molar-refractivity contribution in [3.05, 3.63) is 71.3 Å². The van der Waals surface area contributed by atoms with Crippen molar-refractivity contribution in [2.24, 2.45) is 0 Å². The Morgan fingerprint density at radius 1 is 1.00 bits per heavy atom. The molecule has 0 saturated heterocycles. The number of hydrogen-bond acceptors (Lipinski definition) is 2. The first-order valence-corrected chi connectivity index (χ1v) is 6.93. The lowest BCUT2D eigenvalue weighted by atomic mass is 9.89. The molecule has 3 aromatic carbocycles. The highest BCUT2D eigenvalue weighted by Crippen LogP contribution is 2.34. The molecular weight excluding hydrogens is 260 g/mol. The lowest BCUT2D eigenvalue weighted by Crippen LogP contribution is -1.99. The van der Waals surface area contributed by atoms with Crippen LogP contribution in [0.3, 0.4) is 0 Å². The molecule has 1 N–H and O–H groups in total. The van der Waals surface area contributed by atoms with Gasteiger partial charge >= 0.3 is 0 Å². The quantitative estimate of drug-likeness (QED) is 0.731. The predicted molar refractivity (Wildman–Crippen MR) is 85.4 cm³/mol. The van der Waals surface area contributed by atoms with Crippen molar-refractivity contribution >= 4 is 17.1 Å². The Balaban J connectivity index is 2.42. The molecular formula is C19H16O2. The van der Waals surface area contributed by atoms with Crippen LogP contribution in [0.5, 0.6) is 0 Å². The third-order valence-corrected chi connectivity index (χ3v) is 3.92. The Morgan fingerprint density at radius 2 is 1.76 bits per heavy atom. The van der Waals surface area contributed by atoms with Gasteiger partial charge in [-0.3, -0.25) is 4.79 Å². The minimum atomic E-state index is -0.0773. The molecule has 3 rings (SSSR count). The van der Waals surface area contributed by atoms with Crippen molar-refractivity contribution in [3.63, 3.8) is 0 Å². The van der Waals surface area contributed by atoms with Crippen molar-refractivity contribution in [1.82, 2.24) is 0 Å². The Hall–Kier alpha value is -2.45. The van der Waals surface area contributed by atoms with Crippen LogP contribution in [-0.4, -0.2) is 11.4 Å². The fraction of sp³-hybridized carbons (Fsp3) is 0.105. The summed E-state index contributed by atoms with van der Waals surface area (Å²) >= 11 is 0. The first-order chi connectivity index (χ1) is 10.3. The summed E-state index contributed by atoms with van der Waals surface area (Å²) in [5.74, 6) is 0. The maximum atomic E-state index is 11.4. The minimum absolute atomic E-state index is 0.0773. The summed E-state index contributed by atoms with van der Waals surface area (Å²) in [6.45, 7) is 1.88. The van der Waals surface area contributed by atoms with Gasteiger partial charge in [-0.15, -0.1) is 0 Å². The summed E-state index contributed by atoms with van der Waals surface area (Å²) < 4.78 is 0. The summed E-state index contributed by atoms with van der Waals surface area (Å²) in [6, 6.07) is 17.8. The average Bonchev–Trinajstić information content (AvgIpc) is 2.54. The maximum Gasteiger partial charge on any atom is 0.150 e. The minimum Gasteiger partial charge on any atom is -0.392 e. The molecule has 0 bridgehead atoms. The van der Waals surface area contributed by atoms with E-state index in [1.165, 1.54) is 0 Å². The first kappa shape index (κ1) is 13.5. The Bertz CT molecular complexity index is 814. The molecule has 0 atom stereocenters. The number of aldehydes is 1. The zero-order valence-corrected chi connectivity index (χ0v) is 11.8. The standard InChI is InChI=1S/C19H16O2/c1-13-9-10-15(11-20)19(18(13)12-21)17-8-4-6-14-5-2-3-7-16(14)17/h2-11,21H,12H2,1H3. The summed E-state index contributed by atoms with van der Waals surface area (Å²) in [4.78, 5) is 11.4. The molecule has 104 valence electrons. The lowest BCUT2D eigenvalue weighted by molar-refractivity contribution is 0.112. The van der Waals surface area contributed by atoms with Gasteiger partial charge in [-0.25, -0.2) is 0 Å². The van der Waals surface area contributed by atoms with Crippen LogP contribution in [0.2, 0.25) is 0 Å². The zero-order valence-electron chi connectivity index (χ0n) is 11.8. The predicted octanol–water partition coefficient (Wildman–Crippen LogP) is 4.12. The van der Waals surface area contributed by atoms with Gasteiger partial charge in [0.25, 0.3) is 0 Å². The Morgan fingerprint density at radius 3 is 2.52 bits per heavy atom. The van der Waals surface area contributed by atoms with E-state index in [1.54, 1.807) is 0 Å². The number of hydrogen-bond donors (Lipinski definition) is 1. The van der Waals surface area contributed by atoms with Crippen LogP contribution in [-0.2, 0) is 6.61 Å². The second kappa shape index (κ2) is 5.51. The van der Waals surface area contributed by atoms with Crippen LogP contribution in [0.15, 0.2) is 54.6 Å². The third-order valence-electron chi connectivity index (χ3n) is 3.92. The lowest BCUT2D eigenvalue weighted by Gasteiger charge is -2.15. The van der Waals surface area contributed by atoms with Crippen LogP contribution < -0.4 is 0 Å². The van der Waals surface area contributed by atoms with Gasteiger partial charge in [-0.1, -0.05) is 54.6 Å². The second-order valence-corrected chi connectivity index (χ2v) is 5.13. The summed E-state index contributed by atoms with van der Waals surface area (Å²) in [5, 5.41) is 11.9. The summed E-state index contributed by atoms with van der Waals surface area (Å²) in [5.41, 5.74) is 4.25. The van der Waals surface area contributed by atoms with E-state index >= 15 is 0 Å². The van der Waals surface area contributed by atoms with Gasteiger partial charge in [0, 0.05) is 5.56 Å². The van der Waals surface area contributed by atoms with Crippen LogP contribution >= 0.6 is 0 Å². The molecule has 0 aromatic heterocycles. The number of fused-ring (bicyclic) bond motifs is 1. The topological polar surface area (TPSA) is 37.3 Å². The number of carbonyl (C=O) groups is 1. The van der Waals surface area contributed by atoms with E-state index in [9.17, 15) is 9.90 Å². The van der Waals surface area contributed by atoms with E-state index in [1.807, 2.05) is 61.5 Å². The Labute approximate surface area is 123 Å². The number of rotatable bonds is 3. The Kier molecular flexibility index (Phi) is 3.55. The number of aliphatic hydroxyl groups is 1. The van der Waals surface area contributed by atoms with Crippen LogP contribution in [0.4, 0.5) is 0 Å². The fourth-order valence-corrected chi connectivity index (χ4v) is 2.83. The van der Waals surface area contributed by atoms with Crippen LogP contribution in [0.1, 0.15) is 21.5 Å². The van der Waals surface area contributed by atoms with Gasteiger partial charge in [0.1, 0.15) is 0 Å². The summed E-state index contributed by atoms with van der Waals surface area (Å²) in [6.07, 6.45) is 0.857. The number of aryl methyl sites for hydroxylation is 1. The molecule has 3 aromatic rings. The average molecular weight is 276 g/mol. The van der Waals surface area contributed by atoms with E-state index in [4.69, 9.17) is 0 Å². The third kappa shape index (κ3) is 2.24. The summed E-state index contributed by atoms with van der Waals surface area (Å²) in [7, 11) is 0. The SMILES string of the molecule is Cc1ccc(C=O)c(-c2cccc3ccccc23)c1CO. The van der Waals surface area contributed by atoms with E-state index in [-0.39, 0.29) is 6.61 Å². The molecule has 0 fully saturated rings. The highest BCUT2D eigenvalue weighted by molar-refractivity contribution is 6.01. The largest absolute Gasteiger partial charge is 0.392 e. The first-order valence-electron chi connectivity index (χ1n) is 6.93.